The van der Waals surface area contributed by atoms with Crippen LogP contribution in [0.15, 0.2) is 18.2 Å². The van der Waals surface area contributed by atoms with E-state index in [2.05, 4.69) is 6.92 Å². The Morgan fingerprint density at radius 1 is 1.44 bits per heavy atom. The summed E-state index contributed by atoms with van der Waals surface area (Å²) in [5.74, 6) is 0.347. The fourth-order valence-electron chi connectivity index (χ4n) is 2.15. The summed E-state index contributed by atoms with van der Waals surface area (Å²) in [4.78, 5) is 0. The molecule has 0 amide bonds. The summed E-state index contributed by atoms with van der Waals surface area (Å²) in [6.07, 6.45) is 0. The molecular formula is C12H15Cl2NO. The van der Waals surface area contributed by atoms with E-state index in [1.54, 1.807) is 6.07 Å². The third kappa shape index (κ3) is 1.84. The van der Waals surface area contributed by atoms with E-state index in [1.165, 1.54) is 0 Å². The van der Waals surface area contributed by atoms with Crippen molar-refractivity contribution in [2.45, 2.75) is 12.3 Å². The number of hydrogen-bond acceptors (Lipinski definition) is 2. The first-order valence-electron chi connectivity index (χ1n) is 5.33. The Bertz CT molecular complexity index is 391. The maximum Gasteiger partial charge on any atom is 0.0589 e. The molecule has 0 saturated carbocycles. The topological polar surface area (TPSA) is 35.2 Å². The van der Waals surface area contributed by atoms with Gasteiger partial charge in [0.25, 0.3) is 0 Å². The van der Waals surface area contributed by atoms with Gasteiger partial charge in [-0.1, -0.05) is 36.2 Å². The van der Waals surface area contributed by atoms with Crippen LogP contribution in [0.3, 0.4) is 0 Å². The molecule has 2 N–H and O–H groups in total. The van der Waals surface area contributed by atoms with Gasteiger partial charge in [-0.25, -0.2) is 0 Å². The molecule has 0 bridgehead atoms. The van der Waals surface area contributed by atoms with E-state index in [9.17, 15) is 0 Å². The number of ether oxygens (including phenoxy) is 1. The number of benzene rings is 1. The molecule has 1 saturated heterocycles. The van der Waals surface area contributed by atoms with E-state index in [-0.39, 0.29) is 5.41 Å². The van der Waals surface area contributed by atoms with E-state index in [1.807, 2.05) is 12.1 Å². The molecule has 1 aliphatic rings. The highest BCUT2D eigenvalue weighted by Crippen LogP contribution is 2.42. The molecule has 0 radical (unpaired) electrons. The molecule has 2 nitrogen and oxygen atoms in total. The van der Waals surface area contributed by atoms with Crippen LogP contribution < -0.4 is 5.73 Å². The number of halogens is 2. The Morgan fingerprint density at radius 2 is 2.12 bits per heavy atom. The van der Waals surface area contributed by atoms with Crippen LogP contribution in [0.1, 0.15) is 12.5 Å². The minimum Gasteiger partial charge on any atom is -0.379 e. The average Bonchev–Trinajstić information content (AvgIpc) is 2.19. The molecule has 1 aliphatic heterocycles. The van der Waals surface area contributed by atoms with Gasteiger partial charge in [-0.3, -0.25) is 0 Å². The van der Waals surface area contributed by atoms with Gasteiger partial charge in [-0.15, -0.1) is 0 Å². The Hall–Kier alpha value is -0.280. The van der Waals surface area contributed by atoms with Gasteiger partial charge in [0.1, 0.15) is 0 Å². The number of nitrogens with two attached hydrogens (primary N) is 1. The maximum absolute atomic E-state index is 6.25. The van der Waals surface area contributed by atoms with E-state index in [0.717, 1.165) is 5.56 Å². The molecule has 1 fully saturated rings. The highest BCUT2D eigenvalue weighted by molar-refractivity contribution is 6.35. The van der Waals surface area contributed by atoms with Crippen LogP contribution in [-0.4, -0.2) is 19.8 Å². The average molecular weight is 260 g/mol. The zero-order chi connectivity index (χ0) is 11.8. The van der Waals surface area contributed by atoms with Gasteiger partial charge >= 0.3 is 0 Å². The predicted molar refractivity (Wildman–Crippen MR) is 67.2 cm³/mol. The van der Waals surface area contributed by atoms with Crippen molar-refractivity contribution in [3.05, 3.63) is 33.8 Å². The molecule has 1 aromatic rings. The third-order valence-corrected chi connectivity index (χ3v) is 4.03. The Balaban J connectivity index is 2.40. The highest BCUT2D eigenvalue weighted by atomic mass is 35.5. The van der Waals surface area contributed by atoms with Crippen LogP contribution in [0.5, 0.6) is 0 Å². The van der Waals surface area contributed by atoms with Crippen molar-refractivity contribution in [3.63, 3.8) is 0 Å². The third-order valence-electron chi connectivity index (χ3n) is 3.48. The molecule has 0 spiro atoms. The molecule has 0 aliphatic carbocycles. The minimum absolute atomic E-state index is 0.0313. The van der Waals surface area contributed by atoms with Crippen LogP contribution in [-0.2, 0) is 10.2 Å². The van der Waals surface area contributed by atoms with Gasteiger partial charge in [0.05, 0.1) is 13.2 Å². The second-order valence-electron chi connectivity index (χ2n) is 4.41. The van der Waals surface area contributed by atoms with Crippen LogP contribution in [0, 0.1) is 5.92 Å². The van der Waals surface area contributed by atoms with Gasteiger partial charge < -0.3 is 10.5 Å². The second kappa shape index (κ2) is 4.53. The first kappa shape index (κ1) is 12.2. The highest BCUT2D eigenvalue weighted by Gasteiger charge is 2.45. The number of hydrogen-bond donors (Lipinski definition) is 1. The molecule has 16 heavy (non-hydrogen) atoms. The summed E-state index contributed by atoms with van der Waals surface area (Å²) < 4.78 is 5.35. The zero-order valence-electron chi connectivity index (χ0n) is 9.17. The van der Waals surface area contributed by atoms with Crippen molar-refractivity contribution in [3.8, 4) is 0 Å². The van der Waals surface area contributed by atoms with Crippen molar-refractivity contribution in [2.24, 2.45) is 11.7 Å². The van der Waals surface area contributed by atoms with Crippen molar-refractivity contribution < 1.29 is 4.74 Å². The van der Waals surface area contributed by atoms with Crippen molar-refractivity contribution >= 4 is 23.2 Å². The molecular weight excluding hydrogens is 245 g/mol. The Labute approximate surface area is 106 Å². The standard InChI is InChI=1S/C12H15Cl2NO/c1-8(5-15)12(6-16-7-12)10-3-2-9(13)4-11(10)14/h2-4,8H,5-7,15H2,1H3. The molecule has 1 unspecified atom stereocenters. The lowest BCUT2D eigenvalue weighted by atomic mass is 9.69. The van der Waals surface area contributed by atoms with Gasteiger partial charge in [0.15, 0.2) is 0 Å². The summed E-state index contributed by atoms with van der Waals surface area (Å²) in [6, 6.07) is 5.63. The summed E-state index contributed by atoms with van der Waals surface area (Å²) >= 11 is 12.1. The Kier molecular flexibility index (Phi) is 3.45. The van der Waals surface area contributed by atoms with E-state index >= 15 is 0 Å². The van der Waals surface area contributed by atoms with Gasteiger partial charge in [-0.05, 0) is 30.2 Å². The summed E-state index contributed by atoms with van der Waals surface area (Å²) in [5, 5.41) is 1.36. The van der Waals surface area contributed by atoms with Crippen LogP contribution in [0.4, 0.5) is 0 Å². The Morgan fingerprint density at radius 3 is 2.56 bits per heavy atom. The predicted octanol–water partition coefficient (Wildman–Crippen LogP) is 2.86. The van der Waals surface area contributed by atoms with Crippen molar-refractivity contribution in [2.75, 3.05) is 19.8 Å². The molecule has 1 atom stereocenters. The molecule has 2 rings (SSSR count). The lowest BCUT2D eigenvalue weighted by Gasteiger charge is -2.46. The van der Waals surface area contributed by atoms with E-state index < -0.39 is 0 Å². The summed E-state index contributed by atoms with van der Waals surface area (Å²) in [6.45, 7) is 4.13. The quantitative estimate of drug-likeness (QED) is 0.906. The molecule has 4 heteroatoms. The fourth-order valence-corrected chi connectivity index (χ4v) is 2.74. The van der Waals surface area contributed by atoms with E-state index in [4.69, 9.17) is 33.7 Å². The van der Waals surface area contributed by atoms with Crippen LogP contribution in [0.25, 0.3) is 0 Å². The fraction of sp³-hybridized carbons (Fsp3) is 0.500. The van der Waals surface area contributed by atoms with Crippen LogP contribution >= 0.6 is 23.2 Å². The maximum atomic E-state index is 6.25. The van der Waals surface area contributed by atoms with Gasteiger partial charge in [0, 0.05) is 15.5 Å². The summed E-state index contributed by atoms with van der Waals surface area (Å²) in [5.41, 5.74) is 6.83. The first-order chi connectivity index (χ1) is 7.60. The minimum atomic E-state index is -0.0313. The lowest BCUT2D eigenvalue weighted by Crippen LogP contribution is -2.53. The van der Waals surface area contributed by atoms with Crippen molar-refractivity contribution in [1.82, 2.24) is 0 Å². The molecule has 1 heterocycles. The smallest absolute Gasteiger partial charge is 0.0589 e. The van der Waals surface area contributed by atoms with E-state index in [0.29, 0.717) is 35.7 Å². The molecule has 88 valence electrons. The molecule has 1 aromatic carbocycles. The summed E-state index contributed by atoms with van der Waals surface area (Å²) in [7, 11) is 0. The normalized spacial score (nSPS) is 20.2. The SMILES string of the molecule is CC(CN)C1(c2ccc(Cl)cc2Cl)COC1. The lowest BCUT2D eigenvalue weighted by molar-refractivity contribution is -0.0853. The zero-order valence-corrected chi connectivity index (χ0v) is 10.7. The largest absolute Gasteiger partial charge is 0.379 e. The van der Waals surface area contributed by atoms with Crippen molar-refractivity contribution in [1.29, 1.82) is 0 Å². The van der Waals surface area contributed by atoms with Gasteiger partial charge in [-0.2, -0.15) is 0 Å². The second-order valence-corrected chi connectivity index (χ2v) is 5.25. The van der Waals surface area contributed by atoms with Crippen LogP contribution in [0.2, 0.25) is 10.0 Å². The monoisotopic (exact) mass is 259 g/mol. The molecule has 0 aromatic heterocycles. The number of rotatable bonds is 3. The first-order valence-corrected chi connectivity index (χ1v) is 6.09. The van der Waals surface area contributed by atoms with Gasteiger partial charge in [0.2, 0.25) is 0 Å².